The molecule has 0 aromatic carbocycles. The van der Waals surface area contributed by atoms with Gasteiger partial charge in [-0.15, -0.1) is 0 Å². The van der Waals surface area contributed by atoms with Crippen molar-refractivity contribution >= 4 is 11.5 Å². The Balaban J connectivity index is 2.35. The van der Waals surface area contributed by atoms with Gasteiger partial charge >= 0.3 is 0 Å². The van der Waals surface area contributed by atoms with Crippen molar-refractivity contribution in [3.8, 4) is 0 Å². The van der Waals surface area contributed by atoms with Crippen molar-refractivity contribution in [3.63, 3.8) is 0 Å². The van der Waals surface area contributed by atoms with Gasteiger partial charge in [0.2, 0.25) is 0 Å². The van der Waals surface area contributed by atoms with Crippen LogP contribution in [0.15, 0.2) is 18.3 Å². The van der Waals surface area contributed by atoms with Gasteiger partial charge in [-0.25, -0.2) is 4.98 Å². The SMILES string of the molecule is CCC(O)CCNc1ncccc1N. The fourth-order valence-electron chi connectivity index (χ4n) is 1.13. The number of nitrogens with two attached hydrogens (primary N) is 1. The molecule has 4 nitrogen and oxygen atoms in total. The number of hydrogen-bond donors (Lipinski definition) is 3. The van der Waals surface area contributed by atoms with Crippen molar-refractivity contribution in [3.05, 3.63) is 18.3 Å². The number of aliphatic hydroxyl groups excluding tert-OH is 1. The lowest BCUT2D eigenvalue weighted by molar-refractivity contribution is 0.164. The van der Waals surface area contributed by atoms with E-state index in [1.807, 2.05) is 6.92 Å². The maximum atomic E-state index is 9.31. The summed E-state index contributed by atoms with van der Waals surface area (Å²) in [6.07, 6.45) is 2.94. The van der Waals surface area contributed by atoms with Crippen LogP contribution >= 0.6 is 0 Å². The fourth-order valence-corrected chi connectivity index (χ4v) is 1.13. The zero-order valence-electron chi connectivity index (χ0n) is 8.40. The standard InChI is InChI=1S/C10H17N3O/c1-2-8(14)5-7-13-10-9(11)4-3-6-12-10/h3-4,6,8,14H,2,5,7,11H2,1H3,(H,12,13). The average Bonchev–Trinajstić information content (AvgIpc) is 2.20. The van der Waals surface area contributed by atoms with Gasteiger partial charge in [0.25, 0.3) is 0 Å². The smallest absolute Gasteiger partial charge is 0.149 e. The highest BCUT2D eigenvalue weighted by molar-refractivity contribution is 5.60. The molecule has 1 unspecified atom stereocenters. The number of nitrogen functional groups attached to an aromatic ring is 1. The van der Waals surface area contributed by atoms with Crippen LogP contribution in [-0.4, -0.2) is 22.7 Å². The van der Waals surface area contributed by atoms with Crippen LogP contribution in [-0.2, 0) is 0 Å². The normalized spacial score (nSPS) is 12.4. The first-order chi connectivity index (χ1) is 6.74. The number of rotatable bonds is 5. The van der Waals surface area contributed by atoms with Crippen LogP contribution < -0.4 is 11.1 Å². The molecule has 4 N–H and O–H groups in total. The third-order valence-corrected chi connectivity index (χ3v) is 2.08. The van der Waals surface area contributed by atoms with Crippen molar-refractivity contribution in [2.45, 2.75) is 25.9 Å². The van der Waals surface area contributed by atoms with E-state index in [2.05, 4.69) is 10.3 Å². The summed E-state index contributed by atoms with van der Waals surface area (Å²) in [5.74, 6) is 0.691. The first kappa shape index (κ1) is 10.8. The van der Waals surface area contributed by atoms with Crippen LogP contribution in [0.1, 0.15) is 19.8 Å². The van der Waals surface area contributed by atoms with E-state index in [1.165, 1.54) is 0 Å². The van der Waals surface area contributed by atoms with E-state index in [0.29, 0.717) is 24.5 Å². The van der Waals surface area contributed by atoms with Gasteiger partial charge in [-0.3, -0.25) is 0 Å². The number of hydrogen-bond acceptors (Lipinski definition) is 4. The zero-order valence-corrected chi connectivity index (χ0v) is 8.40. The van der Waals surface area contributed by atoms with Crippen molar-refractivity contribution in [2.75, 3.05) is 17.6 Å². The number of nitrogens with zero attached hydrogens (tertiary/aromatic N) is 1. The summed E-state index contributed by atoms with van der Waals surface area (Å²) in [5, 5.41) is 12.4. The minimum absolute atomic E-state index is 0.243. The first-order valence-corrected chi connectivity index (χ1v) is 4.86. The van der Waals surface area contributed by atoms with Crippen LogP contribution in [0.3, 0.4) is 0 Å². The monoisotopic (exact) mass is 195 g/mol. The van der Waals surface area contributed by atoms with Gasteiger partial charge in [-0.05, 0) is 25.0 Å². The zero-order chi connectivity index (χ0) is 10.4. The molecule has 0 aliphatic heterocycles. The maximum absolute atomic E-state index is 9.31. The molecule has 1 atom stereocenters. The van der Waals surface area contributed by atoms with Crippen molar-refractivity contribution < 1.29 is 5.11 Å². The van der Waals surface area contributed by atoms with Crippen LogP contribution in [0.2, 0.25) is 0 Å². The summed E-state index contributed by atoms with van der Waals surface area (Å²) in [6.45, 7) is 2.65. The predicted octanol–water partition coefficient (Wildman–Crippen LogP) is 1.24. The molecular weight excluding hydrogens is 178 g/mol. The molecule has 0 amide bonds. The van der Waals surface area contributed by atoms with Gasteiger partial charge in [0, 0.05) is 12.7 Å². The number of nitrogens with one attached hydrogen (secondary N) is 1. The summed E-state index contributed by atoms with van der Waals surface area (Å²) in [5.41, 5.74) is 6.32. The molecule has 0 spiro atoms. The Bertz CT molecular complexity index is 278. The molecule has 4 heteroatoms. The van der Waals surface area contributed by atoms with E-state index in [4.69, 9.17) is 5.73 Å². The number of pyridine rings is 1. The molecule has 0 bridgehead atoms. The molecule has 1 rings (SSSR count). The molecule has 1 aromatic heterocycles. The van der Waals surface area contributed by atoms with E-state index in [1.54, 1.807) is 18.3 Å². The Kier molecular flexibility index (Phi) is 4.19. The van der Waals surface area contributed by atoms with Gasteiger partial charge < -0.3 is 16.2 Å². The lowest BCUT2D eigenvalue weighted by atomic mass is 10.2. The molecule has 0 saturated carbocycles. The fraction of sp³-hybridized carbons (Fsp3) is 0.500. The van der Waals surface area contributed by atoms with Gasteiger partial charge in [0.15, 0.2) is 0 Å². The van der Waals surface area contributed by atoms with Gasteiger partial charge in [-0.1, -0.05) is 6.92 Å². The molecule has 0 saturated heterocycles. The maximum Gasteiger partial charge on any atom is 0.149 e. The van der Waals surface area contributed by atoms with Gasteiger partial charge in [-0.2, -0.15) is 0 Å². The van der Waals surface area contributed by atoms with Crippen molar-refractivity contribution in [2.24, 2.45) is 0 Å². The summed E-state index contributed by atoms with van der Waals surface area (Å²) in [7, 11) is 0. The molecule has 1 heterocycles. The van der Waals surface area contributed by atoms with E-state index < -0.39 is 0 Å². The highest BCUT2D eigenvalue weighted by Gasteiger charge is 2.01. The van der Waals surface area contributed by atoms with Gasteiger partial charge in [0.1, 0.15) is 5.82 Å². The highest BCUT2D eigenvalue weighted by atomic mass is 16.3. The Hall–Kier alpha value is -1.29. The molecule has 14 heavy (non-hydrogen) atoms. The van der Waals surface area contributed by atoms with E-state index in [9.17, 15) is 5.11 Å². The van der Waals surface area contributed by atoms with Crippen LogP contribution in [0.4, 0.5) is 11.5 Å². The highest BCUT2D eigenvalue weighted by Crippen LogP contribution is 2.12. The topological polar surface area (TPSA) is 71.2 Å². The van der Waals surface area contributed by atoms with Crippen molar-refractivity contribution in [1.29, 1.82) is 0 Å². The molecule has 0 radical (unpaired) electrons. The Morgan fingerprint density at radius 3 is 3.07 bits per heavy atom. The molecule has 0 aliphatic rings. The Morgan fingerprint density at radius 1 is 1.64 bits per heavy atom. The van der Waals surface area contributed by atoms with Gasteiger partial charge in [0.05, 0.1) is 11.8 Å². The second-order valence-corrected chi connectivity index (χ2v) is 3.22. The summed E-state index contributed by atoms with van der Waals surface area (Å²) < 4.78 is 0. The average molecular weight is 195 g/mol. The quantitative estimate of drug-likeness (QED) is 0.661. The lowest BCUT2D eigenvalue weighted by Crippen LogP contribution is -2.13. The minimum atomic E-state index is -0.243. The third kappa shape index (κ3) is 3.22. The van der Waals surface area contributed by atoms with E-state index in [-0.39, 0.29) is 6.10 Å². The summed E-state index contributed by atoms with van der Waals surface area (Å²) in [6, 6.07) is 3.59. The Morgan fingerprint density at radius 2 is 2.43 bits per heavy atom. The second-order valence-electron chi connectivity index (χ2n) is 3.22. The number of aliphatic hydroxyl groups is 1. The molecule has 0 fully saturated rings. The van der Waals surface area contributed by atoms with E-state index >= 15 is 0 Å². The van der Waals surface area contributed by atoms with Crippen LogP contribution in [0.5, 0.6) is 0 Å². The van der Waals surface area contributed by atoms with Crippen LogP contribution in [0.25, 0.3) is 0 Å². The largest absolute Gasteiger partial charge is 0.396 e. The lowest BCUT2D eigenvalue weighted by Gasteiger charge is -2.10. The number of aromatic nitrogens is 1. The first-order valence-electron chi connectivity index (χ1n) is 4.86. The number of anilines is 2. The molecule has 0 aliphatic carbocycles. The second kappa shape index (κ2) is 5.44. The van der Waals surface area contributed by atoms with Crippen molar-refractivity contribution in [1.82, 2.24) is 4.98 Å². The summed E-state index contributed by atoms with van der Waals surface area (Å²) >= 11 is 0. The molecule has 78 valence electrons. The van der Waals surface area contributed by atoms with E-state index in [0.717, 1.165) is 6.42 Å². The molecule has 1 aromatic rings. The molecular formula is C10H17N3O. The minimum Gasteiger partial charge on any atom is -0.396 e. The summed E-state index contributed by atoms with van der Waals surface area (Å²) in [4.78, 5) is 4.08. The Labute approximate surface area is 84.2 Å². The predicted molar refractivity (Wildman–Crippen MR) is 58.1 cm³/mol. The third-order valence-electron chi connectivity index (χ3n) is 2.08. The van der Waals surface area contributed by atoms with Crippen LogP contribution in [0, 0.1) is 0 Å².